The van der Waals surface area contributed by atoms with Crippen molar-refractivity contribution in [3.05, 3.63) is 65.5 Å². The first-order valence-electron chi connectivity index (χ1n) is 9.52. The van der Waals surface area contributed by atoms with Gasteiger partial charge in [-0.15, -0.1) is 0 Å². The molecule has 1 aliphatic carbocycles. The van der Waals surface area contributed by atoms with E-state index in [2.05, 4.69) is 5.16 Å². The van der Waals surface area contributed by atoms with Gasteiger partial charge in [0.1, 0.15) is 11.6 Å². The molecule has 1 saturated carbocycles. The Hall–Kier alpha value is -2.89. The molecule has 0 saturated heterocycles. The Labute approximate surface area is 163 Å². The number of oxime groups is 1. The lowest BCUT2D eigenvalue weighted by molar-refractivity contribution is -0.135. The number of halogens is 1. The highest BCUT2D eigenvalue weighted by molar-refractivity contribution is 6.01. The molecule has 28 heavy (non-hydrogen) atoms. The normalized spacial score (nSPS) is 18.4. The third kappa shape index (κ3) is 4.32. The fourth-order valence-corrected chi connectivity index (χ4v) is 3.40. The van der Waals surface area contributed by atoms with Crippen LogP contribution >= 0.6 is 0 Å². The number of benzene rings is 2. The highest BCUT2D eigenvalue weighted by Gasteiger charge is 2.35. The summed E-state index contributed by atoms with van der Waals surface area (Å²) in [5, 5.41) is 4.21. The van der Waals surface area contributed by atoms with Crippen molar-refractivity contribution in [2.24, 2.45) is 11.1 Å². The van der Waals surface area contributed by atoms with E-state index in [0.717, 1.165) is 35.4 Å². The molecule has 6 heteroatoms. The van der Waals surface area contributed by atoms with Crippen molar-refractivity contribution in [3.8, 4) is 5.75 Å². The van der Waals surface area contributed by atoms with Crippen LogP contribution in [0.2, 0.25) is 0 Å². The summed E-state index contributed by atoms with van der Waals surface area (Å²) in [4.78, 5) is 20.1. The molecule has 1 fully saturated rings. The zero-order chi connectivity index (χ0) is 19.5. The van der Waals surface area contributed by atoms with Crippen LogP contribution in [-0.2, 0) is 16.2 Å². The summed E-state index contributed by atoms with van der Waals surface area (Å²) in [7, 11) is 1.63. The fourth-order valence-electron chi connectivity index (χ4n) is 3.40. The average molecular weight is 382 g/mol. The van der Waals surface area contributed by atoms with E-state index in [4.69, 9.17) is 9.57 Å². The van der Waals surface area contributed by atoms with Gasteiger partial charge < -0.3 is 14.5 Å². The Balaban J connectivity index is 1.41. The maximum atomic E-state index is 13.5. The van der Waals surface area contributed by atoms with E-state index in [1.165, 1.54) is 12.1 Å². The standard InChI is InChI=1S/C22H23FN2O3/c1-27-19-9-7-16(8-10-19)21-12-20(28-24-21)14-25(22(26)17-5-6-17)13-15-3-2-4-18(23)11-15/h2-4,7-11,17,20H,5-6,12-14H2,1H3/t20-/m1/s1. The van der Waals surface area contributed by atoms with Crippen LogP contribution < -0.4 is 4.74 Å². The first kappa shape index (κ1) is 18.5. The summed E-state index contributed by atoms with van der Waals surface area (Å²) in [6.07, 6.45) is 2.28. The van der Waals surface area contributed by atoms with Crippen LogP contribution in [0, 0.1) is 11.7 Å². The number of methoxy groups -OCH3 is 1. The molecular formula is C22H23FN2O3. The third-order valence-corrected chi connectivity index (χ3v) is 5.08. The van der Waals surface area contributed by atoms with Crippen LogP contribution in [0.5, 0.6) is 5.75 Å². The molecule has 2 aromatic rings. The Morgan fingerprint density at radius 3 is 2.71 bits per heavy atom. The molecule has 1 heterocycles. The molecule has 2 aromatic carbocycles. The molecule has 1 atom stereocenters. The molecule has 2 aliphatic rings. The summed E-state index contributed by atoms with van der Waals surface area (Å²) in [5.41, 5.74) is 2.62. The van der Waals surface area contributed by atoms with Gasteiger partial charge in [0.25, 0.3) is 0 Å². The van der Waals surface area contributed by atoms with Gasteiger partial charge in [0.15, 0.2) is 6.10 Å². The molecule has 1 amide bonds. The van der Waals surface area contributed by atoms with E-state index in [9.17, 15) is 9.18 Å². The zero-order valence-electron chi connectivity index (χ0n) is 15.8. The van der Waals surface area contributed by atoms with E-state index >= 15 is 0 Å². The summed E-state index contributed by atoms with van der Waals surface area (Å²) in [5.74, 6) is 0.706. The first-order chi connectivity index (χ1) is 13.6. The second-order valence-corrected chi connectivity index (χ2v) is 7.32. The number of ether oxygens (including phenoxy) is 1. The van der Waals surface area contributed by atoms with Gasteiger partial charge in [0, 0.05) is 18.9 Å². The number of hydrogen-bond acceptors (Lipinski definition) is 4. The predicted molar refractivity (Wildman–Crippen MR) is 104 cm³/mol. The summed E-state index contributed by atoms with van der Waals surface area (Å²) in [6.45, 7) is 0.819. The summed E-state index contributed by atoms with van der Waals surface area (Å²) in [6, 6.07) is 14.1. The zero-order valence-corrected chi connectivity index (χ0v) is 15.8. The van der Waals surface area contributed by atoms with Crippen LogP contribution in [0.3, 0.4) is 0 Å². The Morgan fingerprint density at radius 1 is 1.25 bits per heavy atom. The second kappa shape index (κ2) is 8.00. The highest BCUT2D eigenvalue weighted by atomic mass is 19.1. The molecule has 0 aromatic heterocycles. The lowest BCUT2D eigenvalue weighted by Gasteiger charge is -2.25. The van der Waals surface area contributed by atoms with Crippen molar-refractivity contribution in [1.29, 1.82) is 0 Å². The third-order valence-electron chi connectivity index (χ3n) is 5.08. The number of carbonyl (C=O) groups excluding carboxylic acids is 1. The van der Waals surface area contributed by atoms with Crippen LogP contribution in [0.15, 0.2) is 53.7 Å². The monoisotopic (exact) mass is 382 g/mol. The van der Waals surface area contributed by atoms with Crippen molar-refractivity contribution < 1.29 is 18.8 Å². The summed E-state index contributed by atoms with van der Waals surface area (Å²) < 4.78 is 18.7. The van der Waals surface area contributed by atoms with Crippen molar-refractivity contribution in [2.45, 2.75) is 31.9 Å². The fraction of sp³-hybridized carbons (Fsp3) is 0.364. The highest BCUT2D eigenvalue weighted by Crippen LogP contribution is 2.32. The van der Waals surface area contributed by atoms with E-state index in [-0.39, 0.29) is 23.7 Å². The van der Waals surface area contributed by atoms with Crippen LogP contribution in [-0.4, -0.2) is 36.3 Å². The predicted octanol–water partition coefficient (Wildman–Crippen LogP) is 3.77. The van der Waals surface area contributed by atoms with Crippen molar-refractivity contribution in [2.75, 3.05) is 13.7 Å². The van der Waals surface area contributed by atoms with E-state index < -0.39 is 0 Å². The number of amides is 1. The Morgan fingerprint density at radius 2 is 2.04 bits per heavy atom. The van der Waals surface area contributed by atoms with E-state index in [0.29, 0.717) is 19.5 Å². The maximum absolute atomic E-state index is 13.5. The van der Waals surface area contributed by atoms with E-state index in [1.54, 1.807) is 18.1 Å². The average Bonchev–Trinajstić information content (AvgIpc) is 3.46. The molecule has 0 spiro atoms. The largest absolute Gasteiger partial charge is 0.497 e. The SMILES string of the molecule is COc1ccc(C2=NO[C@@H](CN(Cc3cccc(F)c3)C(=O)C3CC3)C2)cc1. The Kier molecular flexibility index (Phi) is 5.28. The second-order valence-electron chi connectivity index (χ2n) is 7.32. The molecule has 146 valence electrons. The van der Waals surface area contributed by atoms with Gasteiger partial charge in [-0.25, -0.2) is 4.39 Å². The lowest BCUT2D eigenvalue weighted by atomic mass is 10.0. The van der Waals surface area contributed by atoms with Gasteiger partial charge in [-0.2, -0.15) is 0 Å². The van der Waals surface area contributed by atoms with Crippen LogP contribution in [0.1, 0.15) is 30.4 Å². The molecule has 1 aliphatic heterocycles. The minimum atomic E-state index is -0.293. The summed E-state index contributed by atoms with van der Waals surface area (Å²) >= 11 is 0. The van der Waals surface area contributed by atoms with Gasteiger partial charge >= 0.3 is 0 Å². The number of rotatable bonds is 7. The molecule has 0 bridgehead atoms. The van der Waals surface area contributed by atoms with Crippen LogP contribution in [0.25, 0.3) is 0 Å². The van der Waals surface area contributed by atoms with Gasteiger partial charge in [0.2, 0.25) is 5.91 Å². The van der Waals surface area contributed by atoms with Gasteiger partial charge in [-0.3, -0.25) is 4.79 Å². The van der Waals surface area contributed by atoms with Crippen molar-refractivity contribution in [1.82, 2.24) is 4.90 Å². The topological polar surface area (TPSA) is 51.1 Å². The van der Waals surface area contributed by atoms with E-state index in [1.807, 2.05) is 30.3 Å². The van der Waals surface area contributed by atoms with Gasteiger partial charge in [-0.05, 0) is 60.4 Å². The molecule has 0 unspecified atom stereocenters. The minimum absolute atomic E-state index is 0.0944. The number of hydrogen-bond donors (Lipinski definition) is 0. The minimum Gasteiger partial charge on any atom is -0.497 e. The molecule has 0 radical (unpaired) electrons. The van der Waals surface area contributed by atoms with Crippen molar-refractivity contribution in [3.63, 3.8) is 0 Å². The molecule has 0 N–H and O–H groups in total. The van der Waals surface area contributed by atoms with Crippen LogP contribution in [0.4, 0.5) is 4.39 Å². The molecule has 4 rings (SSSR count). The maximum Gasteiger partial charge on any atom is 0.226 e. The smallest absolute Gasteiger partial charge is 0.226 e. The number of nitrogens with zero attached hydrogens (tertiary/aromatic N) is 2. The molecular weight excluding hydrogens is 359 g/mol. The number of carbonyl (C=O) groups is 1. The Bertz CT molecular complexity index is 878. The first-order valence-corrected chi connectivity index (χ1v) is 9.52. The van der Waals surface area contributed by atoms with Gasteiger partial charge in [-0.1, -0.05) is 17.3 Å². The van der Waals surface area contributed by atoms with Gasteiger partial charge in [0.05, 0.1) is 19.4 Å². The quantitative estimate of drug-likeness (QED) is 0.733. The lowest BCUT2D eigenvalue weighted by Crippen LogP contribution is -2.38. The molecule has 5 nitrogen and oxygen atoms in total. The van der Waals surface area contributed by atoms with Crippen molar-refractivity contribution >= 4 is 11.6 Å².